The standard InChI is InChI=1S/C21H21FN6O/c22-16-6-4-15(5-7-16)11-20(29)28-10-2-1-3-19(28)18-8-9-25-21(27-18)26-17-12-23-14-24-13-17/h4-9,12-14,19H,1-3,10-11H2,(H,25,26,27). The Hall–Kier alpha value is -3.42. The number of halogens is 1. The van der Waals surface area contributed by atoms with Gasteiger partial charge < -0.3 is 10.2 Å². The van der Waals surface area contributed by atoms with Gasteiger partial charge in [0.15, 0.2) is 0 Å². The third-order valence-corrected chi connectivity index (χ3v) is 4.93. The molecule has 2 aromatic heterocycles. The maximum Gasteiger partial charge on any atom is 0.227 e. The summed E-state index contributed by atoms with van der Waals surface area (Å²) < 4.78 is 13.1. The molecule has 148 valence electrons. The molecule has 1 N–H and O–H groups in total. The van der Waals surface area contributed by atoms with Gasteiger partial charge in [-0.05, 0) is 43.0 Å². The molecule has 1 saturated heterocycles. The van der Waals surface area contributed by atoms with Gasteiger partial charge in [0.1, 0.15) is 12.1 Å². The number of anilines is 2. The number of rotatable bonds is 5. The van der Waals surface area contributed by atoms with E-state index < -0.39 is 0 Å². The summed E-state index contributed by atoms with van der Waals surface area (Å²) >= 11 is 0. The number of piperidine rings is 1. The van der Waals surface area contributed by atoms with Gasteiger partial charge in [0.05, 0.1) is 36.2 Å². The summed E-state index contributed by atoms with van der Waals surface area (Å²) in [5, 5.41) is 3.09. The maximum absolute atomic E-state index is 13.1. The Labute approximate surface area is 168 Å². The molecule has 29 heavy (non-hydrogen) atoms. The van der Waals surface area contributed by atoms with E-state index in [1.165, 1.54) is 18.5 Å². The Morgan fingerprint density at radius 2 is 1.93 bits per heavy atom. The van der Waals surface area contributed by atoms with E-state index in [-0.39, 0.29) is 24.2 Å². The summed E-state index contributed by atoms with van der Waals surface area (Å²) in [6.07, 6.45) is 9.51. The van der Waals surface area contributed by atoms with Crippen LogP contribution in [0.5, 0.6) is 0 Å². The molecule has 1 amide bonds. The molecule has 0 radical (unpaired) electrons. The molecule has 1 fully saturated rings. The first-order chi connectivity index (χ1) is 14.2. The average molecular weight is 392 g/mol. The molecule has 3 heterocycles. The molecule has 0 aliphatic carbocycles. The Morgan fingerprint density at radius 3 is 2.72 bits per heavy atom. The van der Waals surface area contributed by atoms with Crippen LogP contribution in [-0.4, -0.2) is 37.3 Å². The number of carbonyl (C=O) groups is 1. The van der Waals surface area contributed by atoms with Crippen LogP contribution in [0.3, 0.4) is 0 Å². The maximum atomic E-state index is 13.1. The van der Waals surface area contributed by atoms with Crippen molar-refractivity contribution in [3.63, 3.8) is 0 Å². The number of hydrogen-bond donors (Lipinski definition) is 1. The van der Waals surface area contributed by atoms with Crippen LogP contribution in [0.4, 0.5) is 16.0 Å². The highest BCUT2D eigenvalue weighted by Crippen LogP contribution is 2.31. The number of hydrogen-bond acceptors (Lipinski definition) is 6. The van der Waals surface area contributed by atoms with Crippen molar-refractivity contribution >= 4 is 17.5 Å². The first-order valence-corrected chi connectivity index (χ1v) is 9.58. The zero-order chi connectivity index (χ0) is 20.1. The quantitative estimate of drug-likeness (QED) is 0.716. The molecule has 0 saturated carbocycles. The second-order valence-corrected chi connectivity index (χ2v) is 6.96. The molecular weight excluding hydrogens is 371 g/mol. The molecule has 0 spiro atoms. The fourth-order valence-corrected chi connectivity index (χ4v) is 3.53. The normalized spacial score (nSPS) is 16.4. The van der Waals surface area contributed by atoms with E-state index >= 15 is 0 Å². The lowest BCUT2D eigenvalue weighted by molar-refractivity contribution is -0.134. The van der Waals surface area contributed by atoms with Gasteiger partial charge in [-0.25, -0.2) is 24.3 Å². The summed E-state index contributed by atoms with van der Waals surface area (Å²) in [5.74, 6) is 0.154. The predicted molar refractivity (Wildman–Crippen MR) is 106 cm³/mol. The van der Waals surface area contributed by atoms with E-state index in [0.717, 1.165) is 30.5 Å². The number of aromatic nitrogens is 4. The lowest BCUT2D eigenvalue weighted by atomic mass is 9.98. The fraction of sp³-hybridized carbons (Fsp3) is 0.286. The van der Waals surface area contributed by atoms with E-state index in [2.05, 4.69) is 25.3 Å². The van der Waals surface area contributed by atoms with Gasteiger partial charge >= 0.3 is 0 Å². The second kappa shape index (κ2) is 8.72. The zero-order valence-electron chi connectivity index (χ0n) is 15.8. The topological polar surface area (TPSA) is 83.9 Å². The smallest absolute Gasteiger partial charge is 0.227 e. The molecule has 8 heteroatoms. The minimum Gasteiger partial charge on any atom is -0.334 e. The number of nitrogens with zero attached hydrogens (tertiary/aromatic N) is 5. The van der Waals surface area contributed by atoms with E-state index in [4.69, 9.17) is 0 Å². The zero-order valence-corrected chi connectivity index (χ0v) is 15.8. The predicted octanol–water partition coefficient (Wildman–Crippen LogP) is 3.45. The van der Waals surface area contributed by atoms with Crippen molar-refractivity contribution in [1.29, 1.82) is 0 Å². The Bertz CT molecular complexity index is 966. The lowest BCUT2D eigenvalue weighted by Crippen LogP contribution is -2.39. The van der Waals surface area contributed by atoms with Gasteiger partial charge in [0.2, 0.25) is 11.9 Å². The largest absolute Gasteiger partial charge is 0.334 e. The summed E-state index contributed by atoms with van der Waals surface area (Å²) in [5.41, 5.74) is 2.29. The molecule has 7 nitrogen and oxygen atoms in total. The van der Waals surface area contributed by atoms with Gasteiger partial charge in [0, 0.05) is 12.7 Å². The summed E-state index contributed by atoms with van der Waals surface area (Å²) in [6, 6.07) is 7.81. The van der Waals surface area contributed by atoms with Crippen LogP contribution < -0.4 is 5.32 Å². The third-order valence-electron chi connectivity index (χ3n) is 4.93. The van der Waals surface area contributed by atoms with Crippen LogP contribution in [0.1, 0.15) is 36.6 Å². The molecule has 4 rings (SSSR count). The van der Waals surface area contributed by atoms with Gasteiger partial charge in [-0.1, -0.05) is 12.1 Å². The van der Waals surface area contributed by atoms with Gasteiger partial charge in [-0.3, -0.25) is 4.79 Å². The minimum absolute atomic E-state index is 0.0193. The number of amides is 1. The van der Waals surface area contributed by atoms with Crippen molar-refractivity contribution in [3.8, 4) is 0 Å². The van der Waals surface area contributed by atoms with E-state index in [0.29, 0.717) is 18.2 Å². The first kappa shape index (κ1) is 18.9. The molecule has 0 bridgehead atoms. The number of likely N-dealkylation sites (tertiary alicyclic amines) is 1. The lowest BCUT2D eigenvalue weighted by Gasteiger charge is -2.35. The number of carbonyl (C=O) groups excluding carboxylic acids is 1. The highest BCUT2D eigenvalue weighted by molar-refractivity contribution is 5.79. The van der Waals surface area contributed by atoms with Crippen LogP contribution in [0.15, 0.2) is 55.2 Å². The first-order valence-electron chi connectivity index (χ1n) is 9.58. The average Bonchev–Trinajstić information content (AvgIpc) is 2.76. The van der Waals surface area contributed by atoms with Crippen molar-refractivity contribution in [1.82, 2.24) is 24.8 Å². The minimum atomic E-state index is -0.304. The van der Waals surface area contributed by atoms with Crippen molar-refractivity contribution in [3.05, 3.63) is 72.3 Å². The van der Waals surface area contributed by atoms with Crippen LogP contribution >= 0.6 is 0 Å². The van der Waals surface area contributed by atoms with Crippen LogP contribution in [-0.2, 0) is 11.2 Å². The molecule has 1 unspecified atom stereocenters. The molecule has 3 aromatic rings. The van der Waals surface area contributed by atoms with Crippen molar-refractivity contribution in [2.24, 2.45) is 0 Å². The highest BCUT2D eigenvalue weighted by Gasteiger charge is 2.29. The van der Waals surface area contributed by atoms with Crippen LogP contribution in [0, 0.1) is 5.82 Å². The highest BCUT2D eigenvalue weighted by atomic mass is 19.1. The van der Waals surface area contributed by atoms with Gasteiger partial charge in [0.25, 0.3) is 0 Å². The third kappa shape index (κ3) is 4.71. The van der Waals surface area contributed by atoms with E-state index in [1.807, 2.05) is 11.0 Å². The summed E-state index contributed by atoms with van der Waals surface area (Å²) in [7, 11) is 0. The fourth-order valence-electron chi connectivity index (χ4n) is 3.53. The number of nitrogens with one attached hydrogen (secondary N) is 1. The van der Waals surface area contributed by atoms with Gasteiger partial charge in [-0.2, -0.15) is 0 Å². The van der Waals surface area contributed by atoms with Crippen molar-refractivity contribution in [2.45, 2.75) is 31.7 Å². The summed E-state index contributed by atoms with van der Waals surface area (Å²) in [4.78, 5) is 31.7. The molecule has 1 aliphatic rings. The Morgan fingerprint density at radius 1 is 1.14 bits per heavy atom. The molecule has 1 aliphatic heterocycles. The Balaban J connectivity index is 1.51. The van der Waals surface area contributed by atoms with Crippen LogP contribution in [0.2, 0.25) is 0 Å². The van der Waals surface area contributed by atoms with Crippen LogP contribution in [0.25, 0.3) is 0 Å². The van der Waals surface area contributed by atoms with Gasteiger partial charge in [-0.15, -0.1) is 0 Å². The van der Waals surface area contributed by atoms with E-state index in [1.54, 1.807) is 30.7 Å². The second-order valence-electron chi connectivity index (χ2n) is 6.96. The molecule has 1 aromatic carbocycles. The monoisotopic (exact) mass is 392 g/mol. The SMILES string of the molecule is O=C(Cc1ccc(F)cc1)N1CCCCC1c1ccnc(Nc2cncnc2)n1. The van der Waals surface area contributed by atoms with E-state index in [9.17, 15) is 9.18 Å². The molecule has 1 atom stereocenters. The van der Waals surface area contributed by atoms with Crippen molar-refractivity contribution in [2.75, 3.05) is 11.9 Å². The summed E-state index contributed by atoms with van der Waals surface area (Å²) in [6.45, 7) is 0.685. The van der Waals surface area contributed by atoms with Crippen molar-refractivity contribution < 1.29 is 9.18 Å². The Kier molecular flexibility index (Phi) is 5.69. The number of benzene rings is 1. The molecular formula is C21H21FN6O.